The highest BCUT2D eigenvalue weighted by atomic mass is 19.4. The SMILES string of the molecule is O=C(O)C(F)(F)F.O=C1CCCC(n2cc(-c3ccnc4[nH]ccc34)cn2)C1. The summed E-state index contributed by atoms with van der Waals surface area (Å²) in [5.41, 5.74) is 3.07. The molecule has 3 aromatic rings. The van der Waals surface area contributed by atoms with Crippen molar-refractivity contribution in [3.63, 3.8) is 0 Å². The van der Waals surface area contributed by atoms with E-state index in [1.54, 1.807) is 6.20 Å². The average molecular weight is 394 g/mol. The number of aromatic amines is 1. The van der Waals surface area contributed by atoms with Gasteiger partial charge in [0.25, 0.3) is 0 Å². The molecule has 0 radical (unpaired) electrons. The minimum Gasteiger partial charge on any atom is -0.475 e. The number of H-pyrrole nitrogens is 1. The van der Waals surface area contributed by atoms with Crippen LogP contribution in [0.4, 0.5) is 13.2 Å². The summed E-state index contributed by atoms with van der Waals surface area (Å²) in [7, 11) is 0. The number of halogens is 3. The van der Waals surface area contributed by atoms with Crippen LogP contribution >= 0.6 is 0 Å². The first-order valence-electron chi connectivity index (χ1n) is 8.54. The number of ketones is 1. The molecular formula is C18H17F3N4O3. The van der Waals surface area contributed by atoms with Gasteiger partial charge >= 0.3 is 12.1 Å². The Hall–Kier alpha value is -3.17. The van der Waals surface area contributed by atoms with E-state index in [-0.39, 0.29) is 6.04 Å². The molecule has 28 heavy (non-hydrogen) atoms. The average Bonchev–Trinajstić information content (AvgIpc) is 3.31. The fourth-order valence-electron chi connectivity index (χ4n) is 3.12. The summed E-state index contributed by atoms with van der Waals surface area (Å²) >= 11 is 0. The van der Waals surface area contributed by atoms with Gasteiger partial charge < -0.3 is 10.1 Å². The standard InChI is InChI=1S/C16H16N4O.C2HF3O2/c21-13-3-1-2-12(8-13)20-10-11(9-19-20)14-4-6-17-16-15(14)5-7-18-16;3-2(4,5)1(6)7/h4-7,9-10,12H,1-3,8H2,(H,17,18);(H,6,7). The number of nitrogens with one attached hydrogen (secondary N) is 1. The molecule has 0 aliphatic heterocycles. The number of pyridine rings is 1. The molecule has 2 N–H and O–H groups in total. The molecule has 1 aliphatic carbocycles. The molecule has 0 spiro atoms. The summed E-state index contributed by atoms with van der Waals surface area (Å²) in [6.45, 7) is 0. The molecule has 1 saturated carbocycles. The molecule has 0 saturated heterocycles. The van der Waals surface area contributed by atoms with Gasteiger partial charge in [-0.05, 0) is 30.5 Å². The monoisotopic (exact) mass is 394 g/mol. The first-order chi connectivity index (χ1) is 13.3. The summed E-state index contributed by atoms with van der Waals surface area (Å²) in [5, 5.41) is 12.7. The summed E-state index contributed by atoms with van der Waals surface area (Å²) in [6.07, 6.45) is 5.86. The van der Waals surface area contributed by atoms with E-state index in [4.69, 9.17) is 9.90 Å². The van der Waals surface area contributed by atoms with Crippen LogP contribution in [0, 0.1) is 0 Å². The lowest BCUT2D eigenvalue weighted by Crippen LogP contribution is -2.21. The van der Waals surface area contributed by atoms with Crippen molar-refractivity contribution in [3.8, 4) is 11.1 Å². The Morgan fingerprint density at radius 3 is 2.75 bits per heavy atom. The molecule has 4 rings (SSSR count). The van der Waals surface area contributed by atoms with Crippen molar-refractivity contribution in [1.29, 1.82) is 0 Å². The van der Waals surface area contributed by atoms with E-state index in [0.717, 1.165) is 41.4 Å². The van der Waals surface area contributed by atoms with Crippen LogP contribution in [0.15, 0.2) is 36.9 Å². The number of carbonyl (C=O) groups excluding carboxylic acids is 1. The molecule has 1 unspecified atom stereocenters. The number of carbonyl (C=O) groups is 2. The number of aliphatic carboxylic acids is 1. The first-order valence-corrected chi connectivity index (χ1v) is 8.54. The largest absolute Gasteiger partial charge is 0.490 e. The van der Waals surface area contributed by atoms with Gasteiger partial charge in [0, 0.05) is 42.4 Å². The Kier molecular flexibility index (Phi) is 5.48. The number of Topliss-reactive ketones (excluding diaryl/α,β-unsaturated/α-hetero) is 1. The zero-order chi connectivity index (χ0) is 20.3. The number of carboxylic acids is 1. The zero-order valence-electron chi connectivity index (χ0n) is 14.6. The van der Waals surface area contributed by atoms with Gasteiger partial charge in [0.15, 0.2) is 0 Å². The number of hydrogen-bond acceptors (Lipinski definition) is 4. The number of fused-ring (bicyclic) bond motifs is 1. The van der Waals surface area contributed by atoms with Crippen LogP contribution in [0.25, 0.3) is 22.2 Å². The minimum atomic E-state index is -5.08. The Labute approximate surface area is 157 Å². The molecule has 7 nitrogen and oxygen atoms in total. The maximum absolute atomic E-state index is 11.6. The van der Waals surface area contributed by atoms with Gasteiger partial charge in [-0.25, -0.2) is 9.78 Å². The summed E-state index contributed by atoms with van der Waals surface area (Å²) in [5.74, 6) is -2.41. The second kappa shape index (κ2) is 7.83. The van der Waals surface area contributed by atoms with Gasteiger partial charge in [-0.1, -0.05) is 0 Å². The third-order valence-electron chi connectivity index (χ3n) is 4.45. The Bertz CT molecular complexity index is 993. The second-order valence-electron chi connectivity index (χ2n) is 6.40. The van der Waals surface area contributed by atoms with Gasteiger partial charge in [0.2, 0.25) is 0 Å². The summed E-state index contributed by atoms with van der Waals surface area (Å²) in [6, 6.07) is 4.24. The number of nitrogens with zero attached hydrogens (tertiary/aromatic N) is 3. The predicted octanol–water partition coefficient (Wildman–Crippen LogP) is 3.74. The van der Waals surface area contributed by atoms with Crippen molar-refractivity contribution in [2.75, 3.05) is 0 Å². The fourth-order valence-corrected chi connectivity index (χ4v) is 3.12. The lowest BCUT2D eigenvalue weighted by atomic mass is 9.94. The number of aromatic nitrogens is 4. The number of alkyl halides is 3. The van der Waals surface area contributed by atoms with E-state index in [0.29, 0.717) is 12.2 Å². The molecule has 3 heterocycles. The highest BCUT2D eigenvalue weighted by Gasteiger charge is 2.38. The molecule has 3 aromatic heterocycles. The smallest absolute Gasteiger partial charge is 0.475 e. The van der Waals surface area contributed by atoms with E-state index in [1.165, 1.54) is 0 Å². The summed E-state index contributed by atoms with van der Waals surface area (Å²) < 4.78 is 33.7. The third kappa shape index (κ3) is 4.38. The maximum Gasteiger partial charge on any atom is 0.490 e. The van der Waals surface area contributed by atoms with E-state index in [2.05, 4.69) is 15.1 Å². The van der Waals surface area contributed by atoms with E-state index >= 15 is 0 Å². The van der Waals surface area contributed by atoms with Crippen LogP contribution < -0.4 is 0 Å². The van der Waals surface area contributed by atoms with Gasteiger partial charge in [-0.15, -0.1) is 0 Å². The minimum absolute atomic E-state index is 0.212. The first kappa shape index (κ1) is 19.6. The molecular weight excluding hydrogens is 377 g/mol. The van der Waals surface area contributed by atoms with Gasteiger partial charge in [-0.3, -0.25) is 9.48 Å². The van der Waals surface area contributed by atoms with E-state index in [9.17, 15) is 18.0 Å². The molecule has 148 valence electrons. The number of rotatable bonds is 2. The zero-order valence-corrected chi connectivity index (χ0v) is 14.6. The van der Waals surface area contributed by atoms with Crippen LogP contribution in [0.2, 0.25) is 0 Å². The number of carboxylic acid groups (broad SMARTS) is 1. The lowest BCUT2D eigenvalue weighted by Gasteiger charge is -2.20. The van der Waals surface area contributed by atoms with Crippen LogP contribution in [-0.2, 0) is 9.59 Å². The Balaban J connectivity index is 0.000000279. The molecule has 1 atom stereocenters. The van der Waals surface area contributed by atoms with Crippen molar-refractivity contribution in [2.45, 2.75) is 37.9 Å². The van der Waals surface area contributed by atoms with E-state index in [1.807, 2.05) is 35.4 Å². The quantitative estimate of drug-likeness (QED) is 0.690. The molecule has 1 aliphatic rings. The predicted molar refractivity (Wildman–Crippen MR) is 93.5 cm³/mol. The van der Waals surface area contributed by atoms with Crippen LogP contribution in [0.3, 0.4) is 0 Å². The molecule has 0 amide bonds. The second-order valence-corrected chi connectivity index (χ2v) is 6.40. The van der Waals surface area contributed by atoms with Crippen molar-refractivity contribution < 1.29 is 27.9 Å². The molecule has 0 bridgehead atoms. The van der Waals surface area contributed by atoms with Gasteiger partial charge in [0.05, 0.1) is 12.2 Å². The fraction of sp³-hybridized carbons (Fsp3) is 0.333. The molecule has 0 aromatic carbocycles. The highest BCUT2D eigenvalue weighted by Crippen LogP contribution is 2.30. The lowest BCUT2D eigenvalue weighted by molar-refractivity contribution is -0.192. The van der Waals surface area contributed by atoms with Crippen LogP contribution in [-0.4, -0.2) is 42.8 Å². The molecule has 10 heteroatoms. The van der Waals surface area contributed by atoms with Crippen LogP contribution in [0.1, 0.15) is 31.7 Å². The summed E-state index contributed by atoms with van der Waals surface area (Å²) in [4.78, 5) is 27.9. The van der Waals surface area contributed by atoms with E-state index < -0.39 is 12.1 Å². The van der Waals surface area contributed by atoms with Crippen molar-refractivity contribution in [3.05, 3.63) is 36.9 Å². The topological polar surface area (TPSA) is 101 Å². The van der Waals surface area contributed by atoms with Crippen molar-refractivity contribution >= 4 is 22.8 Å². The highest BCUT2D eigenvalue weighted by molar-refractivity contribution is 5.92. The van der Waals surface area contributed by atoms with Crippen LogP contribution in [0.5, 0.6) is 0 Å². The number of hydrogen-bond donors (Lipinski definition) is 2. The van der Waals surface area contributed by atoms with Crippen molar-refractivity contribution in [2.24, 2.45) is 0 Å². The Morgan fingerprint density at radius 1 is 1.32 bits per heavy atom. The maximum atomic E-state index is 11.6. The normalized spacial score (nSPS) is 17.2. The van der Waals surface area contributed by atoms with Crippen molar-refractivity contribution in [1.82, 2.24) is 19.7 Å². The molecule has 1 fully saturated rings. The van der Waals surface area contributed by atoms with Gasteiger partial charge in [0.1, 0.15) is 11.4 Å². The third-order valence-corrected chi connectivity index (χ3v) is 4.45. The van der Waals surface area contributed by atoms with Gasteiger partial charge in [-0.2, -0.15) is 18.3 Å². The Morgan fingerprint density at radius 2 is 2.07 bits per heavy atom.